The summed E-state index contributed by atoms with van der Waals surface area (Å²) in [5, 5.41) is 3.10. The molecule has 6 heteroatoms. The van der Waals surface area contributed by atoms with Crippen LogP contribution in [-0.2, 0) is 20.5 Å². The van der Waals surface area contributed by atoms with Crippen LogP contribution in [0.2, 0.25) is 0 Å². The highest BCUT2D eigenvalue weighted by Crippen LogP contribution is 2.36. The second-order valence-electron chi connectivity index (χ2n) is 8.52. The lowest BCUT2D eigenvalue weighted by atomic mass is 9.77. The number of nitrogens with one attached hydrogen (secondary N) is 1. The first-order valence-corrected chi connectivity index (χ1v) is 9.61. The van der Waals surface area contributed by atoms with Gasteiger partial charge in [-0.25, -0.2) is 4.39 Å². The molecule has 0 unspecified atom stereocenters. The summed E-state index contributed by atoms with van der Waals surface area (Å²) in [7, 11) is -0.763. The number of halogens is 1. The summed E-state index contributed by atoms with van der Waals surface area (Å²) in [6.07, 6.45) is 5.94. The molecule has 0 atom stereocenters. The third kappa shape index (κ3) is 4.12. The van der Waals surface area contributed by atoms with Gasteiger partial charge in [-0.15, -0.1) is 0 Å². The maximum absolute atomic E-state index is 14.4. The number of benzene rings is 1. The molecule has 0 bridgehead atoms. The molecule has 3 rings (SSSR count). The Kier molecular flexibility index (Phi) is 5.45. The van der Waals surface area contributed by atoms with Crippen LogP contribution in [-0.4, -0.2) is 30.3 Å². The second kappa shape index (κ2) is 7.32. The highest BCUT2D eigenvalue weighted by molar-refractivity contribution is 6.62. The van der Waals surface area contributed by atoms with Gasteiger partial charge in [0.05, 0.1) is 17.6 Å². The average Bonchev–Trinajstić information content (AvgIpc) is 2.78. The third-order valence-corrected chi connectivity index (χ3v) is 5.90. The van der Waals surface area contributed by atoms with E-state index < -0.39 is 18.3 Å². The third-order valence-electron chi connectivity index (χ3n) is 5.90. The van der Waals surface area contributed by atoms with E-state index in [1.807, 2.05) is 27.7 Å². The lowest BCUT2D eigenvalue weighted by molar-refractivity contribution is -0.121. The Morgan fingerprint density at radius 3 is 2.38 bits per heavy atom. The average molecular weight is 361 g/mol. The highest BCUT2D eigenvalue weighted by atomic mass is 19.1. The summed E-state index contributed by atoms with van der Waals surface area (Å²) in [5.74, 6) is -0.386. The van der Waals surface area contributed by atoms with Gasteiger partial charge in [0.25, 0.3) is 0 Å². The zero-order chi connectivity index (χ0) is 18.9. The smallest absolute Gasteiger partial charge is 0.399 e. The molecule has 1 aliphatic heterocycles. The molecule has 1 amide bonds. The van der Waals surface area contributed by atoms with E-state index in [-0.39, 0.29) is 24.2 Å². The molecule has 1 N–H and O–H groups in total. The first-order chi connectivity index (χ1) is 12.2. The minimum absolute atomic E-state index is 0.0108. The summed E-state index contributed by atoms with van der Waals surface area (Å²) in [6, 6.07) is 5.02. The first-order valence-electron chi connectivity index (χ1n) is 9.61. The van der Waals surface area contributed by atoms with E-state index >= 15 is 0 Å². The largest absolute Gasteiger partial charge is 0.497 e. The Morgan fingerprint density at radius 2 is 1.77 bits per heavy atom. The molecule has 2 fully saturated rings. The molecule has 2 aliphatic rings. The van der Waals surface area contributed by atoms with E-state index in [2.05, 4.69) is 5.32 Å². The van der Waals surface area contributed by atoms with E-state index in [9.17, 15) is 9.18 Å². The van der Waals surface area contributed by atoms with E-state index in [0.29, 0.717) is 5.46 Å². The lowest BCUT2D eigenvalue weighted by Crippen LogP contribution is -2.41. The van der Waals surface area contributed by atoms with Crippen molar-refractivity contribution in [1.82, 2.24) is 5.32 Å². The highest BCUT2D eigenvalue weighted by Gasteiger charge is 2.52. The molecule has 0 radical (unpaired) electrons. The molecular weight excluding hydrogens is 332 g/mol. The predicted molar refractivity (Wildman–Crippen MR) is 101 cm³/mol. The maximum Gasteiger partial charge on any atom is 0.497 e. The van der Waals surface area contributed by atoms with Crippen LogP contribution in [0.5, 0.6) is 0 Å². The molecule has 1 saturated heterocycles. The van der Waals surface area contributed by atoms with Gasteiger partial charge in [-0.1, -0.05) is 31.4 Å². The van der Waals surface area contributed by atoms with Gasteiger partial charge in [-0.3, -0.25) is 4.79 Å². The van der Waals surface area contributed by atoms with Gasteiger partial charge in [0.15, 0.2) is 0 Å². The second-order valence-corrected chi connectivity index (χ2v) is 8.52. The molecule has 1 aromatic carbocycles. The number of carbonyl (C=O) groups is 1. The van der Waals surface area contributed by atoms with Gasteiger partial charge in [0, 0.05) is 11.5 Å². The van der Waals surface area contributed by atoms with Crippen molar-refractivity contribution in [3.8, 4) is 0 Å². The lowest BCUT2D eigenvalue weighted by Gasteiger charge is -2.32. The van der Waals surface area contributed by atoms with E-state index in [1.165, 1.54) is 25.3 Å². The van der Waals surface area contributed by atoms with Crippen molar-refractivity contribution in [2.45, 2.75) is 83.5 Å². The standard InChI is InChI=1S/C20H29BFNO3/c1-19(2)20(3,4)26-21(25-19)16-12-14(10-11-17(16)22)13-18(24)23-15-8-6-5-7-9-15/h10-12,15H,5-9,13H2,1-4H3,(H,23,24). The van der Waals surface area contributed by atoms with Crippen molar-refractivity contribution in [3.05, 3.63) is 29.6 Å². The predicted octanol–water partition coefficient (Wildman–Crippen LogP) is 3.12. The van der Waals surface area contributed by atoms with Crippen LogP contribution in [0.3, 0.4) is 0 Å². The van der Waals surface area contributed by atoms with Crippen LogP contribution in [0, 0.1) is 5.82 Å². The van der Waals surface area contributed by atoms with E-state index in [4.69, 9.17) is 9.31 Å². The number of hydrogen-bond acceptors (Lipinski definition) is 3. The van der Waals surface area contributed by atoms with Crippen molar-refractivity contribution >= 4 is 18.5 Å². The zero-order valence-corrected chi connectivity index (χ0v) is 16.2. The Hall–Kier alpha value is -1.40. The van der Waals surface area contributed by atoms with Crippen molar-refractivity contribution in [1.29, 1.82) is 0 Å². The van der Waals surface area contributed by atoms with Gasteiger partial charge >= 0.3 is 7.12 Å². The fourth-order valence-corrected chi connectivity index (χ4v) is 3.56. The van der Waals surface area contributed by atoms with Crippen molar-refractivity contribution in [3.63, 3.8) is 0 Å². The Morgan fingerprint density at radius 1 is 1.15 bits per heavy atom. The summed E-state index contributed by atoms with van der Waals surface area (Å²) >= 11 is 0. The quantitative estimate of drug-likeness (QED) is 0.839. The van der Waals surface area contributed by atoms with Gasteiger partial charge in [0.2, 0.25) is 5.91 Å². The molecule has 4 nitrogen and oxygen atoms in total. The van der Waals surface area contributed by atoms with Crippen LogP contribution in [0.4, 0.5) is 4.39 Å². The van der Waals surface area contributed by atoms with Gasteiger partial charge in [-0.2, -0.15) is 0 Å². The number of hydrogen-bond donors (Lipinski definition) is 1. The van der Waals surface area contributed by atoms with Crippen molar-refractivity contribution < 1.29 is 18.5 Å². The van der Waals surface area contributed by atoms with Crippen LogP contribution in [0.15, 0.2) is 18.2 Å². The number of amides is 1. The normalized spacial score (nSPS) is 22.4. The monoisotopic (exact) mass is 361 g/mol. The number of carbonyl (C=O) groups excluding carboxylic acids is 1. The molecule has 26 heavy (non-hydrogen) atoms. The topological polar surface area (TPSA) is 47.6 Å². The van der Waals surface area contributed by atoms with Crippen LogP contribution in [0.1, 0.15) is 65.4 Å². The molecule has 1 aliphatic carbocycles. The summed E-state index contributed by atoms with van der Waals surface area (Å²) in [6.45, 7) is 7.75. The summed E-state index contributed by atoms with van der Waals surface area (Å²) in [4.78, 5) is 12.3. The van der Waals surface area contributed by atoms with Gasteiger partial charge in [0.1, 0.15) is 5.82 Å². The minimum atomic E-state index is -0.763. The summed E-state index contributed by atoms with van der Waals surface area (Å²) < 4.78 is 26.3. The van der Waals surface area contributed by atoms with Crippen LogP contribution in [0.25, 0.3) is 0 Å². The molecule has 1 heterocycles. The Labute approximate surface area is 156 Å². The minimum Gasteiger partial charge on any atom is -0.399 e. The molecule has 1 aromatic rings. The zero-order valence-electron chi connectivity index (χ0n) is 16.2. The van der Waals surface area contributed by atoms with E-state index in [0.717, 1.165) is 18.4 Å². The molecule has 0 aromatic heterocycles. The summed E-state index contributed by atoms with van der Waals surface area (Å²) in [5.41, 5.74) is 0.0627. The fourth-order valence-electron chi connectivity index (χ4n) is 3.56. The van der Waals surface area contributed by atoms with Gasteiger partial charge < -0.3 is 14.6 Å². The molecular formula is C20H29BFNO3. The molecule has 0 spiro atoms. The Balaban J connectivity index is 1.69. The van der Waals surface area contributed by atoms with E-state index in [1.54, 1.807) is 12.1 Å². The number of rotatable bonds is 4. The first kappa shape index (κ1) is 19.4. The maximum atomic E-state index is 14.4. The molecule has 1 saturated carbocycles. The SMILES string of the molecule is CC1(C)OB(c2cc(CC(=O)NC3CCCCC3)ccc2F)OC1(C)C. The van der Waals surface area contributed by atoms with Crippen molar-refractivity contribution in [2.75, 3.05) is 0 Å². The van der Waals surface area contributed by atoms with Crippen LogP contribution >= 0.6 is 0 Å². The van der Waals surface area contributed by atoms with Gasteiger partial charge in [-0.05, 0) is 52.2 Å². The molecule has 142 valence electrons. The van der Waals surface area contributed by atoms with Crippen molar-refractivity contribution in [2.24, 2.45) is 0 Å². The fraction of sp³-hybridized carbons (Fsp3) is 0.650. The van der Waals surface area contributed by atoms with Crippen LogP contribution < -0.4 is 10.8 Å². The Bertz CT molecular complexity index is 655.